The van der Waals surface area contributed by atoms with Crippen molar-refractivity contribution in [1.29, 1.82) is 0 Å². The fourth-order valence-corrected chi connectivity index (χ4v) is 4.88. The zero-order valence-electron chi connectivity index (χ0n) is 18.2. The van der Waals surface area contributed by atoms with Gasteiger partial charge in [-0.2, -0.15) is 18.2 Å². The smallest absolute Gasteiger partial charge is 0.417 e. The molecule has 4 heterocycles. The highest BCUT2D eigenvalue weighted by Crippen LogP contribution is 2.38. The second-order valence-corrected chi connectivity index (χ2v) is 8.91. The first kappa shape index (κ1) is 22.3. The minimum atomic E-state index is -4.44. The molecule has 0 radical (unpaired) electrons. The van der Waals surface area contributed by atoms with Crippen LogP contribution in [0, 0.1) is 0 Å². The molecule has 0 bridgehead atoms. The highest BCUT2D eigenvalue weighted by molar-refractivity contribution is 6.33. The van der Waals surface area contributed by atoms with Crippen LogP contribution in [0.1, 0.15) is 12.0 Å². The van der Waals surface area contributed by atoms with Gasteiger partial charge in [-0.15, -0.1) is 0 Å². The van der Waals surface area contributed by atoms with E-state index in [9.17, 15) is 13.2 Å². The zero-order chi connectivity index (χ0) is 24.2. The Morgan fingerprint density at radius 2 is 1.77 bits per heavy atom. The summed E-state index contributed by atoms with van der Waals surface area (Å²) in [5.74, 6) is 0. The quantitative estimate of drug-likeness (QED) is 0.377. The molecule has 0 spiro atoms. The number of aromatic amines is 1. The van der Waals surface area contributed by atoms with Gasteiger partial charge in [0.15, 0.2) is 11.8 Å². The van der Waals surface area contributed by atoms with Crippen molar-refractivity contribution in [2.24, 2.45) is 0 Å². The van der Waals surface area contributed by atoms with Crippen molar-refractivity contribution in [3.8, 4) is 28.4 Å². The van der Waals surface area contributed by atoms with Crippen LogP contribution in [0.15, 0.2) is 54.6 Å². The SMILES string of the molecule is FC(F)(F)c1ccccc1-c1ccc(-c2nc3nc(OC4COC5CCOC54)[nH]c3cc2Cl)cc1. The van der Waals surface area contributed by atoms with E-state index in [2.05, 4.69) is 15.0 Å². The van der Waals surface area contributed by atoms with Gasteiger partial charge in [-0.05, 0) is 29.7 Å². The van der Waals surface area contributed by atoms with Gasteiger partial charge in [0.25, 0.3) is 6.01 Å². The van der Waals surface area contributed by atoms with Crippen molar-refractivity contribution in [2.75, 3.05) is 13.2 Å². The average Bonchev–Trinajstić information content (AvgIpc) is 3.55. The number of nitrogens with zero attached hydrogens (tertiary/aromatic N) is 2. The van der Waals surface area contributed by atoms with Gasteiger partial charge in [-0.25, -0.2) is 4.98 Å². The Labute approximate surface area is 203 Å². The fourth-order valence-electron chi connectivity index (χ4n) is 4.62. The minimum absolute atomic E-state index is 0.0506. The van der Waals surface area contributed by atoms with Gasteiger partial charge in [-0.1, -0.05) is 54.1 Å². The Kier molecular flexibility index (Phi) is 5.43. The number of benzene rings is 2. The van der Waals surface area contributed by atoms with E-state index < -0.39 is 11.7 Å². The molecule has 6 rings (SSSR count). The van der Waals surface area contributed by atoms with E-state index in [1.54, 1.807) is 36.4 Å². The van der Waals surface area contributed by atoms with Gasteiger partial charge >= 0.3 is 6.18 Å². The first-order valence-electron chi connectivity index (χ1n) is 11.1. The lowest BCUT2D eigenvalue weighted by atomic mass is 9.98. The predicted molar refractivity (Wildman–Crippen MR) is 123 cm³/mol. The van der Waals surface area contributed by atoms with Crippen LogP contribution in [-0.2, 0) is 15.7 Å². The van der Waals surface area contributed by atoms with Gasteiger partial charge in [0.1, 0.15) is 6.10 Å². The Morgan fingerprint density at radius 3 is 2.57 bits per heavy atom. The summed E-state index contributed by atoms with van der Waals surface area (Å²) >= 11 is 6.49. The summed E-state index contributed by atoms with van der Waals surface area (Å²) in [4.78, 5) is 12.1. The van der Waals surface area contributed by atoms with Gasteiger partial charge in [-0.3, -0.25) is 0 Å². The molecule has 1 N–H and O–H groups in total. The molecule has 10 heteroatoms. The molecule has 2 fully saturated rings. The van der Waals surface area contributed by atoms with E-state index in [0.29, 0.717) is 52.2 Å². The maximum atomic E-state index is 13.4. The summed E-state index contributed by atoms with van der Waals surface area (Å²) in [6.45, 7) is 1.08. The largest absolute Gasteiger partial charge is 0.456 e. The summed E-state index contributed by atoms with van der Waals surface area (Å²) in [7, 11) is 0. The molecule has 35 heavy (non-hydrogen) atoms. The molecule has 2 aromatic carbocycles. The number of nitrogens with one attached hydrogen (secondary N) is 1. The summed E-state index contributed by atoms with van der Waals surface area (Å²) in [5, 5.41) is 0.375. The van der Waals surface area contributed by atoms with Crippen LogP contribution in [0.5, 0.6) is 6.01 Å². The van der Waals surface area contributed by atoms with E-state index in [1.807, 2.05) is 0 Å². The van der Waals surface area contributed by atoms with Crippen molar-refractivity contribution in [2.45, 2.75) is 30.9 Å². The van der Waals surface area contributed by atoms with E-state index in [4.69, 9.17) is 25.8 Å². The zero-order valence-corrected chi connectivity index (χ0v) is 18.9. The number of pyridine rings is 1. The molecule has 0 aliphatic carbocycles. The number of rotatable bonds is 4. The van der Waals surface area contributed by atoms with Crippen molar-refractivity contribution in [3.63, 3.8) is 0 Å². The van der Waals surface area contributed by atoms with Crippen molar-refractivity contribution >= 4 is 22.8 Å². The van der Waals surface area contributed by atoms with Gasteiger partial charge in [0, 0.05) is 12.2 Å². The molecule has 2 aliphatic rings. The molecule has 180 valence electrons. The van der Waals surface area contributed by atoms with Gasteiger partial charge < -0.3 is 19.2 Å². The Hall–Kier alpha value is -3.14. The number of imidazole rings is 1. The van der Waals surface area contributed by atoms with Crippen LogP contribution in [0.3, 0.4) is 0 Å². The van der Waals surface area contributed by atoms with Crippen LogP contribution in [-0.4, -0.2) is 46.5 Å². The Morgan fingerprint density at radius 1 is 1.00 bits per heavy atom. The molecule has 0 saturated carbocycles. The Balaban J connectivity index is 1.28. The van der Waals surface area contributed by atoms with Crippen molar-refractivity contribution in [1.82, 2.24) is 15.0 Å². The monoisotopic (exact) mass is 501 g/mol. The van der Waals surface area contributed by atoms with Crippen molar-refractivity contribution in [3.05, 3.63) is 65.2 Å². The van der Waals surface area contributed by atoms with Crippen LogP contribution in [0.2, 0.25) is 5.02 Å². The number of hydrogen-bond acceptors (Lipinski definition) is 5. The maximum absolute atomic E-state index is 13.4. The first-order chi connectivity index (χ1) is 16.9. The minimum Gasteiger partial charge on any atom is -0.456 e. The highest BCUT2D eigenvalue weighted by Gasteiger charge is 2.43. The molecule has 2 aliphatic heterocycles. The highest BCUT2D eigenvalue weighted by atomic mass is 35.5. The number of halogens is 4. The number of alkyl halides is 3. The molecule has 4 aromatic rings. The summed E-state index contributed by atoms with van der Waals surface area (Å²) in [5.41, 5.74) is 2.01. The maximum Gasteiger partial charge on any atom is 0.417 e. The predicted octanol–water partition coefficient (Wildman–Crippen LogP) is 5.90. The summed E-state index contributed by atoms with van der Waals surface area (Å²) in [6, 6.07) is 14.1. The number of fused-ring (bicyclic) bond motifs is 2. The molecule has 2 saturated heterocycles. The molecular weight excluding hydrogens is 483 g/mol. The second-order valence-electron chi connectivity index (χ2n) is 8.50. The molecule has 0 amide bonds. The lowest BCUT2D eigenvalue weighted by Crippen LogP contribution is -2.32. The number of aromatic nitrogens is 3. The van der Waals surface area contributed by atoms with Crippen LogP contribution in [0.4, 0.5) is 13.2 Å². The summed E-state index contributed by atoms with van der Waals surface area (Å²) in [6.07, 6.45) is -3.91. The third kappa shape index (κ3) is 4.13. The van der Waals surface area contributed by atoms with Gasteiger partial charge in [0.2, 0.25) is 0 Å². The normalized spacial score (nSPS) is 22.0. The molecular formula is C25H19ClF3N3O3. The molecule has 2 aromatic heterocycles. The third-order valence-electron chi connectivity index (χ3n) is 6.29. The van der Waals surface area contributed by atoms with E-state index >= 15 is 0 Å². The second kappa shape index (κ2) is 8.51. The molecule has 3 atom stereocenters. The number of hydrogen-bond donors (Lipinski definition) is 1. The standard InChI is InChI=1S/C25H19ClF3N3O3/c26-17-11-18-23(32-24(30-18)35-20-12-34-19-9-10-33-22(19)20)31-21(17)14-7-5-13(6-8-14)15-3-1-2-4-16(15)25(27,28)29/h1-8,11,19-20,22H,9-10,12H2,(H,30,31,32). The molecule has 6 nitrogen and oxygen atoms in total. The fraction of sp³-hybridized carbons (Fsp3) is 0.280. The van der Waals surface area contributed by atoms with Crippen LogP contribution >= 0.6 is 11.6 Å². The van der Waals surface area contributed by atoms with E-state index in [0.717, 1.165) is 12.5 Å². The van der Waals surface area contributed by atoms with E-state index in [1.165, 1.54) is 12.1 Å². The third-order valence-corrected chi connectivity index (χ3v) is 6.58. The lowest BCUT2D eigenvalue weighted by molar-refractivity contribution is -0.137. The lowest BCUT2D eigenvalue weighted by Gasteiger charge is -2.15. The van der Waals surface area contributed by atoms with E-state index in [-0.39, 0.29) is 23.9 Å². The average molecular weight is 502 g/mol. The van der Waals surface area contributed by atoms with Crippen LogP contribution in [0.25, 0.3) is 33.5 Å². The topological polar surface area (TPSA) is 69.3 Å². The van der Waals surface area contributed by atoms with Crippen LogP contribution < -0.4 is 4.74 Å². The first-order valence-corrected chi connectivity index (χ1v) is 11.5. The number of ether oxygens (including phenoxy) is 3. The van der Waals surface area contributed by atoms with Crippen molar-refractivity contribution < 1.29 is 27.4 Å². The van der Waals surface area contributed by atoms with Gasteiger partial charge in [0.05, 0.1) is 34.5 Å². The molecule has 3 unspecified atom stereocenters. The Bertz CT molecular complexity index is 1390. The summed E-state index contributed by atoms with van der Waals surface area (Å²) < 4.78 is 57.6. The number of H-pyrrole nitrogens is 1.